The number of nitrogens with two attached hydrogens (primary N) is 1. The number of amides is 1. The van der Waals surface area contributed by atoms with E-state index in [0.717, 1.165) is 0 Å². The topological polar surface area (TPSA) is 72.9 Å². The maximum Gasteiger partial charge on any atom is 0.268 e. The molecule has 2 aromatic rings. The number of hydrogen-bond acceptors (Lipinski definition) is 4. The van der Waals surface area contributed by atoms with Crippen LogP contribution in [0.15, 0.2) is 17.6 Å². The average molecular weight is 257 g/mol. The molecule has 3 N–H and O–H groups in total. The number of nitrogen functional groups attached to an aromatic ring is 1. The summed E-state index contributed by atoms with van der Waals surface area (Å²) in [5.74, 6) is 0.185. The molecule has 1 amide bonds. The first-order valence-corrected chi connectivity index (χ1v) is 5.67. The zero-order valence-corrected chi connectivity index (χ0v) is 9.97. The van der Waals surface area contributed by atoms with E-state index in [-0.39, 0.29) is 5.91 Å². The third-order valence-corrected chi connectivity index (χ3v) is 3.36. The highest BCUT2D eigenvalue weighted by molar-refractivity contribution is 7.12. The Labute approximate surface area is 101 Å². The minimum Gasteiger partial charge on any atom is -0.394 e. The minimum absolute atomic E-state index is 0.282. The fourth-order valence-corrected chi connectivity index (χ4v) is 2.26. The van der Waals surface area contributed by atoms with Gasteiger partial charge in [0.1, 0.15) is 4.88 Å². The summed E-state index contributed by atoms with van der Waals surface area (Å²) < 4.78 is 1.49. The van der Waals surface area contributed by atoms with Crippen LogP contribution < -0.4 is 11.1 Å². The molecule has 0 unspecified atom stereocenters. The normalized spacial score (nSPS) is 10.4. The van der Waals surface area contributed by atoms with Crippen LogP contribution in [0, 0.1) is 0 Å². The van der Waals surface area contributed by atoms with Crippen LogP contribution >= 0.6 is 22.9 Å². The third-order valence-electron chi connectivity index (χ3n) is 2.02. The largest absolute Gasteiger partial charge is 0.394 e. The Morgan fingerprint density at radius 2 is 2.44 bits per heavy atom. The lowest BCUT2D eigenvalue weighted by Crippen LogP contribution is -2.14. The Bertz CT molecular complexity index is 514. The summed E-state index contributed by atoms with van der Waals surface area (Å²) in [5, 5.41) is 8.77. The van der Waals surface area contributed by atoms with Gasteiger partial charge in [0.05, 0.1) is 16.9 Å². The molecule has 0 bridgehead atoms. The maximum atomic E-state index is 11.8. The van der Waals surface area contributed by atoms with Crippen molar-refractivity contribution in [2.24, 2.45) is 7.05 Å². The number of carbonyl (C=O) groups is 1. The second-order valence-electron chi connectivity index (χ2n) is 3.12. The van der Waals surface area contributed by atoms with E-state index in [2.05, 4.69) is 10.4 Å². The SMILES string of the molecule is Cn1ncc(N)c1NC(=O)c1sccc1Cl. The molecule has 2 rings (SSSR count). The van der Waals surface area contributed by atoms with Crippen LogP contribution in [0.25, 0.3) is 0 Å². The van der Waals surface area contributed by atoms with Crippen molar-refractivity contribution in [3.63, 3.8) is 0 Å². The predicted molar refractivity (Wildman–Crippen MR) is 64.9 cm³/mol. The minimum atomic E-state index is -0.282. The molecule has 0 aliphatic heterocycles. The molecular weight excluding hydrogens is 248 g/mol. The van der Waals surface area contributed by atoms with E-state index in [9.17, 15) is 4.79 Å². The monoisotopic (exact) mass is 256 g/mol. The third kappa shape index (κ3) is 1.89. The summed E-state index contributed by atoms with van der Waals surface area (Å²) in [6, 6.07) is 1.67. The van der Waals surface area contributed by atoms with Crippen LogP contribution in [0.5, 0.6) is 0 Å². The molecule has 0 radical (unpaired) electrons. The molecule has 0 fully saturated rings. The molecular formula is C9H9ClN4OS. The highest BCUT2D eigenvalue weighted by Crippen LogP contribution is 2.24. The number of halogens is 1. The molecule has 16 heavy (non-hydrogen) atoms. The number of aromatic nitrogens is 2. The molecule has 2 aromatic heterocycles. The van der Waals surface area contributed by atoms with Gasteiger partial charge in [0.2, 0.25) is 0 Å². The molecule has 0 aliphatic rings. The van der Waals surface area contributed by atoms with Crippen LogP contribution in [0.4, 0.5) is 11.5 Å². The Hall–Kier alpha value is -1.53. The van der Waals surface area contributed by atoms with Crippen LogP contribution in [-0.2, 0) is 7.05 Å². The van der Waals surface area contributed by atoms with Gasteiger partial charge in [-0.05, 0) is 11.4 Å². The molecule has 0 aliphatic carbocycles. The second kappa shape index (κ2) is 4.15. The van der Waals surface area contributed by atoms with E-state index >= 15 is 0 Å². The van der Waals surface area contributed by atoms with E-state index in [1.54, 1.807) is 18.5 Å². The maximum absolute atomic E-state index is 11.8. The van der Waals surface area contributed by atoms with Gasteiger partial charge in [-0.3, -0.25) is 9.48 Å². The Balaban J connectivity index is 2.24. The van der Waals surface area contributed by atoms with Gasteiger partial charge in [-0.15, -0.1) is 11.3 Å². The van der Waals surface area contributed by atoms with Crippen molar-refractivity contribution in [1.29, 1.82) is 0 Å². The van der Waals surface area contributed by atoms with Gasteiger partial charge in [0.15, 0.2) is 5.82 Å². The highest BCUT2D eigenvalue weighted by atomic mass is 35.5. The van der Waals surface area contributed by atoms with E-state index in [1.807, 2.05) is 0 Å². The molecule has 5 nitrogen and oxygen atoms in total. The summed E-state index contributed by atoms with van der Waals surface area (Å²) in [6.07, 6.45) is 1.48. The first kappa shape index (κ1) is 11.0. The number of aryl methyl sites for hydroxylation is 1. The van der Waals surface area contributed by atoms with Gasteiger partial charge in [-0.25, -0.2) is 0 Å². The van der Waals surface area contributed by atoms with Crippen molar-refractivity contribution in [1.82, 2.24) is 9.78 Å². The molecule has 0 atom stereocenters. The molecule has 0 saturated heterocycles. The van der Waals surface area contributed by atoms with Gasteiger partial charge in [0, 0.05) is 7.05 Å². The number of rotatable bonds is 2. The van der Waals surface area contributed by atoms with Gasteiger partial charge < -0.3 is 11.1 Å². The first-order valence-electron chi connectivity index (χ1n) is 4.41. The van der Waals surface area contributed by atoms with Crippen LogP contribution in [0.1, 0.15) is 9.67 Å². The first-order chi connectivity index (χ1) is 7.59. The van der Waals surface area contributed by atoms with Crippen LogP contribution in [0.2, 0.25) is 5.02 Å². The second-order valence-corrected chi connectivity index (χ2v) is 4.45. The number of anilines is 2. The van der Waals surface area contributed by atoms with Gasteiger partial charge >= 0.3 is 0 Å². The summed E-state index contributed by atoms with van der Waals surface area (Å²) in [5.41, 5.74) is 6.07. The lowest BCUT2D eigenvalue weighted by atomic mass is 10.4. The van der Waals surface area contributed by atoms with E-state index in [0.29, 0.717) is 21.4 Å². The Morgan fingerprint density at radius 3 is 2.94 bits per heavy atom. The van der Waals surface area contributed by atoms with Crippen molar-refractivity contribution in [3.8, 4) is 0 Å². The Morgan fingerprint density at radius 1 is 1.69 bits per heavy atom. The van der Waals surface area contributed by atoms with Crippen LogP contribution in [0.3, 0.4) is 0 Å². The number of nitrogens with one attached hydrogen (secondary N) is 1. The van der Waals surface area contributed by atoms with Crippen molar-refractivity contribution >= 4 is 40.4 Å². The van der Waals surface area contributed by atoms with Crippen molar-refractivity contribution < 1.29 is 4.79 Å². The number of thiophene rings is 1. The van der Waals surface area contributed by atoms with E-state index < -0.39 is 0 Å². The zero-order chi connectivity index (χ0) is 11.7. The molecule has 2 heterocycles. The summed E-state index contributed by atoms with van der Waals surface area (Å²) in [6.45, 7) is 0. The quantitative estimate of drug-likeness (QED) is 0.863. The molecule has 84 valence electrons. The molecule has 0 spiro atoms. The molecule has 7 heteroatoms. The van der Waals surface area contributed by atoms with Crippen molar-refractivity contribution in [2.45, 2.75) is 0 Å². The number of carbonyl (C=O) groups excluding carboxylic acids is 1. The van der Waals surface area contributed by atoms with Gasteiger partial charge in [-0.1, -0.05) is 11.6 Å². The van der Waals surface area contributed by atoms with E-state index in [4.69, 9.17) is 17.3 Å². The number of nitrogens with zero attached hydrogens (tertiary/aromatic N) is 2. The van der Waals surface area contributed by atoms with Crippen LogP contribution in [-0.4, -0.2) is 15.7 Å². The fourth-order valence-electron chi connectivity index (χ4n) is 1.23. The van der Waals surface area contributed by atoms with Gasteiger partial charge in [0.25, 0.3) is 5.91 Å². The molecule has 0 saturated carbocycles. The van der Waals surface area contributed by atoms with Crippen molar-refractivity contribution in [3.05, 3.63) is 27.5 Å². The fraction of sp³-hybridized carbons (Fsp3) is 0.111. The highest BCUT2D eigenvalue weighted by Gasteiger charge is 2.15. The smallest absolute Gasteiger partial charge is 0.268 e. The predicted octanol–water partition coefficient (Wildman–Crippen LogP) is 1.97. The lowest BCUT2D eigenvalue weighted by Gasteiger charge is -2.05. The average Bonchev–Trinajstić information content (AvgIpc) is 2.79. The van der Waals surface area contributed by atoms with E-state index in [1.165, 1.54) is 22.2 Å². The summed E-state index contributed by atoms with van der Waals surface area (Å²) in [4.78, 5) is 12.3. The Kier molecular flexibility index (Phi) is 2.84. The standard InChI is InChI=1S/C9H9ClN4OS/c1-14-8(6(11)4-12-14)13-9(15)7-5(10)2-3-16-7/h2-4H,11H2,1H3,(H,13,15). The number of hydrogen-bond donors (Lipinski definition) is 2. The zero-order valence-electron chi connectivity index (χ0n) is 8.40. The van der Waals surface area contributed by atoms with Crippen molar-refractivity contribution in [2.75, 3.05) is 11.1 Å². The van der Waals surface area contributed by atoms with Gasteiger partial charge in [-0.2, -0.15) is 5.10 Å². The summed E-state index contributed by atoms with van der Waals surface area (Å²) in [7, 11) is 1.70. The summed E-state index contributed by atoms with van der Waals surface area (Å²) >= 11 is 7.13. The molecule has 0 aromatic carbocycles. The lowest BCUT2D eigenvalue weighted by molar-refractivity contribution is 0.103.